The van der Waals surface area contributed by atoms with Gasteiger partial charge in [-0.15, -0.1) is 11.3 Å². The Balaban J connectivity index is 2.11. The van der Waals surface area contributed by atoms with E-state index in [0.717, 1.165) is 32.6 Å². The Kier molecular flexibility index (Phi) is 7.38. The molecule has 1 aromatic rings. The third-order valence-electron chi connectivity index (χ3n) is 2.44. The minimum absolute atomic E-state index is 0.384. The summed E-state index contributed by atoms with van der Waals surface area (Å²) in [4.78, 5) is 4.33. The average Bonchev–Trinajstić information content (AvgIpc) is 2.82. The first kappa shape index (κ1) is 13.6. The van der Waals surface area contributed by atoms with Crippen LogP contribution in [0.5, 0.6) is 0 Å². The van der Waals surface area contributed by atoms with Crippen molar-refractivity contribution in [2.45, 2.75) is 39.2 Å². The summed E-state index contributed by atoms with van der Waals surface area (Å²) in [5, 5.41) is 6.67. The minimum Gasteiger partial charge on any atom is -0.380 e. The summed E-state index contributed by atoms with van der Waals surface area (Å²) in [6.07, 6.45) is 5.29. The molecule has 3 nitrogen and oxygen atoms in total. The average molecular weight is 242 g/mol. The SMILES string of the molecule is CCCCOCCNC(CC)c1nccs1. The molecule has 0 aromatic carbocycles. The third kappa shape index (κ3) is 5.05. The quantitative estimate of drug-likeness (QED) is 0.676. The normalized spacial score (nSPS) is 12.9. The number of unbranched alkanes of at least 4 members (excludes halogenated alkanes) is 1. The fourth-order valence-corrected chi connectivity index (χ4v) is 2.26. The van der Waals surface area contributed by atoms with Crippen molar-refractivity contribution in [1.82, 2.24) is 10.3 Å². The fourth-order valence-electron chi connectivity index (χ4n) is 1.47. The van der Waals surface area contributed by atoms with Crippen LogP contribution in [-0.4, -0.2) is 24.7 Å². The molecule has 1 N–H and O–H groups in total. The lowest BCUT2D eigenvalue weighted by Gasteiger charge is -2.14. The van der Waals surface area contributed by atoms with Gasteiger partial charge in [0.1, 0.15) is 5.01 Å². The van der Waals surface area contributed by atoms with E-state index in [2.05, 4.69) is 24.1 Å². The van der Waals surface area contributed by atoms with Gasteiger partial charge >= 0.3 is 0 Å². The van der Waals surface area contributed by atoms with Gasteiger partial charge in [0, 0.05) is 24.7 Å². The molecule has 0 amide bonds. The molecule has 1 heterocycles. The van der Waals surface area contributed by atoms with E-state index in [1.807, 2.05) is 11.6 Å². The Morgan fingerprint density at radius 2 is 2.31 bits per heavy atom. The summed E-state index contributed by atoms with van der Waals surface area (Å²) in [6, 6.07) is 0.384. The van der Waals surface area contributed by atoms with Crippen molar-refractivity contribution >= 4 is 11.3 Å². The minimum atomic E-state index is 0.384. The van der Waals surface area contributed by atoms with Crippen molar-refractivity contribution in [3.8, 4) is 0 Å². The van der Waals surface area contributed by atoms with Gasteiger partial charge in [0.05, 0.1) is 12.6 Å². The molecule has 0 aliphatic rings. The molecule has 0 saturated heterocycles. The van der Waals surface area contributed by atoms with E-state index < -0.39 is 0 Å². The Bertz CT molecular complexity index is 252. The third-order valence-corrected chi connectivity index (χ3v) is 3.33. The first-order valence-electron chi connectivity index (χ1n) is 6.09. The van der Waals surface area contributed by atoms with Crippen molar-refractivity contribution in [3.05, 3.63) is 16.6 Å². The van der Waals surface area contributed by atoms with Gasteiger partial charge in [-0.2, -0.15) is 0 Å². The van der Waals surface area contributed by atoms with Crippen molar-refractivity contribution in [2.24, 2.45) is 0 Å². The van der Waals surface area contributed by atoms with Crippen LogP contribution in [0.2, 0.25) is 0 Å². The maximum absolute atomic E-state index is 5.51. The Morgan fingerprint density at radius 3 is 2.94 bits per heavy atom. The van der Waals surface area contributed by atoms with Crippen molar-refractivity contribution in [2.75, 3.05) is 19.8 Å². The zero-order valence-electron chi connectivity index (χ0n) is 10.2. The molecule has 1 atom stereocenters. The maximum atomic E-state index is 5.51. The summed E-state index contributed by atoms with van der Waals surface area (Å²) < 4.78 is 5.51. The van der Waals surface area contributed by atoms with Crippen molar-refractivity contribution in [1.29, 1.82) is 0 Å². The van der Waals surface area contributed by atoms with Crippen LogP contribution in [0.4, 0.5) is 0 Å². The lowest BCUT2D eigenvalue weighted by atomic mass is 10.2. The van der Waals surface area contributed by atoms with Crippen LogP contribution in [0.25, 0.3) is 0 Å². The van der Waals surface area contributed by atoms with Crippen LogP contribution < -0.4 is 5.32 Å². The number of aromatic nitrogens is 1. The molecule has 0 spiro atoms. The predicted molar refractivity (Wildman–Crippen MR) is 68.9 cm³/mol. The van der Waals surface area contributed by atoms with E-state index in [1.54, 1.807) is 11.3 Å². The van der Waals surface area contributed by atoms with Gasteiger partial charge in [-0.3, -0.25) is 0 Å². The second kappa shape index (κ2) is 8.67. The molecule has 4 heteroatoms. The Hall–Kier alpha value is -0.450. The van der Waals surface area contributed by atoms with Gasteiger partial charge in [-0.25, -0.2) is 4.98 Å². The summed E-state index contributed by atoms with van der Waals surface area (Å²) >= 11 is 1.71. The largest absolute Gasteiger partial charge is 0.380 e. The first-order chi connectivity index (χ1) is 7.88. The number of thiazole rings is 1. The topological polar surface area (TPSA) is 34.1 Å². The van der Waals surface area contributed by atoms with Crippen LogP contribution >= 0.6 is 11.3 Å². The lowest BCUT2D eigenvalue weighted by Crippen LogP contribution is -2.25. The highest BCUT2D eigenvalue weighted by Gasteiger charge is 2.09. The molecule has 0 fully saturated rings. The Morgan fingerprint density at radius 1 is 1.44 bits per heavy atom. The summed E-state index contributed by atoms with van der Waals surface area (Å²) in [7, 11) is 0. The predicted octanol–water partition coefficient (Wildman–Crippen LogP) is 3.00. The highest BCUT2D eigenvalue weighted by Crippen LogP contribution is 2.18. The number of rotatable bonds is 9. The summed E-state index contributed by atoms with van der Waals surface area (Å²) in [6.45, 7) is 6.93. The number of nitrogens with zero attached hydrogens (tertiary/aromatic N) is 1. The van der Waals surface area contributed by atoms with Gasteiger partial charge < -0.3 is 10.1 Å². The highest BCUT2D eigenvalue weighted by atomic mass is 32.1. The van der Waals surface area contributed by atoms with Crippen molar-refractivity contribution < 1.29 is 4.74 Å². The van der Waals surface area contributed by atoms with Crippen LogP contribution in [-0.2, 0) is 4.74 Å². The van der Waals surface area contributed by atoms with Gasteiger partial charge in [-0.05, 0) is 12.8 Å². The molecule has 1 rings (SSSR count). The van der Waals surface area contributed by atoms with Crippen molar-refractivity contribution in [3.63, 3.8) is 0 Å². The number of hydrogen-bond acceptors (Lipinski definition) is 4. The van der Waals surface area contributed by atoms with E-state index in [4.69, 9.17) is 4.74 Å². The number of nitrogens with one attached hydrogen (secondary N) is 1. The maximum Gasteiger partial charge on any atom is 0.109 e. The molecule has 0 aliphatic heterocycles. The van der Waals surface area contributed by atoms with Gasteiger partial charge in [0.2, 0.25) is 0 Å². The molecule has 1 unspecified atom stereocenters. The molecule has 92 valence electrons. The molecule has 0 saturated carbocycles. The van der Waals surface area contributed by atoms with Crippen LogP contribution in [0.3, 0.4) is 0 Å². The molecule has 0 bridgehead atoms. The van der Waals surface area contributed by atoms with E-state index in [9.17, 15) is 0 Å². The molecular weight excluding hydrogens is 220 g/mol. The van der Waals surface area contributed by atoms with Gasteiger partial charge in [0.25, 0.3) is 0 Å². The summed E-state index contributed by atoms with van der Waals surface area (Å²) in [5.41, 5.74) is 0. The molecular formula is C12H22N2OS. The van der Waals surface area contributed by atoms with Gasteiger partial charge in [-0.1, -0.05) is 20.3 Å². The molecule has 0 aliphatic carbocycles. The van der Waals surface area contributed by atoms with E-state index in [1.165, 1.54) is 11.4 Å². The van der Waals surface area contributed by atoms with E-state index in [-0.39, 0.29) is 0 Å². The number of ether oxygens (including phenoxy) is 1. The zero-order chi connectivity index (χ0) is 11.6. The van der Waals surface area contributed by atoms with Crippen LogP contribution in [0.15, 0.2) is 11.6 Å². The molecule has 1 aromatic heterocycles. The standard InChI is InChI=1S/C12H22N2OS/c1-3-5-8-15-9-6-13-11(4-2)12-14-7-10-16-12/h7,10-11,13H,3-6,8-9H2,1-2H3. The Labute approximate surface area is 102 Å². The molecule has 0 radical (unpaired) electrons. The molecule has 16 heavy (non-hydrogen) atoms. The van der Waals surface area contributed by atoms with E-state index >= 15 is 0 Å². The second-order valence-electron chi connectivity index (χ2n) is 3.75. The second-order valence-corrected chi connectivity index (χ2v) is 4.68. The highest BCUT2D eigenvalue weighted by molar-refractivity contribution is 7.09. The number of hydrogen-bond donors (Lipinski definition) is 1. The fraction of sp³-hybridized carbons (Fsp3) is 0.750. The van der Waals surface area contributed by atoms with Crippen LogP contribution in [0, 0.1) is 0 Å². The van der Waals surface area contributed by atoms with Crippen LogP contribution in [0.1, 0.15) is 44.2 Å². The monoisotopic (exact) mass is 242 g/mol. The zero-order valence-corrected chi connectivity index (χ0v) is 11.1. The van der Waals surface area contributed by atoms with E-state index in [0.29, 0.717) is 6.04 Å². The smallest absolute Gasteiger partial charge is 0.109 e. The summed E-state index contributed by atoms with van der Waals surface area (Å²) in [5.74, 6) is 0. The lowest BCUT2D eigenvalue weighted by molar-refractivity contribution is 0.130. The first-order valence-corrected chi connectivity index (χ1v) is 6.97. The van der Waals surface area contributed by atoms with Gasteiger partial charge in [0.15, 0.2) is 0 Å².